The standard InChI is InChI=1S/C13H26N2O3S/c1-3-7-13(16)14-10-11-15(19(2,17)18)12-8-5-4-6-9-12/h12H,3-11H2,1-2H3,(H,14,16). The topological polar surface area (TPSA) is 66.5 Å². The monoisotopic (exact) mass is 290 g/mol. The molecule has 1 saturated carbocycles. The van der Waals surface area contributed by atoms with Gasteiger partial charge in [0.1, 0.15) is 0 Å². The number of rotatable bonds is 7. The van der Waals surface area contributed by atoms with Crippen LogP contribution in [0.4, 0.5) is 0 Å². The lowest BCUT2D eigenvalue weighted by Crippen LogP contribution is -2.44. The van der Waals surface area contributed by atoms with Crippen LogP contribution in [-0.2, 0) is 14.8 Å². The summed E-state index contributed by atoms with van der Waals surface area (Å²) in [5.41, 5.74) is 0. The van der Waals surface area contributed by atoms with E-state index in [4.69, 9.17) is 0 Å². The van der Waals surface area contributed by atoms with Gasteiger partial charge in [-0.2, -0.15) is 4.31 Å². The molecule has 0 radical (unpaired) electrons. The van der Waals surface area contributed by atoms with Crippen molar-refractivity contribution >= 4 is 15.9 Å². The molecule has 0 saturated heterocycles. The Kier molecular flexibility index (Phi) is 6.79. The van der Waals surface area contributed by atoms with Gasteiger partial charge in [0.25, 0.3) is 0 Å². The number of hydrogen-bond donors (Lipinski definition) is 1. The van der Waals surface area contributed by atoms with Crippen LogP contribution in [-0.4, -0.2) is 44.0 Å². The van der Waals surface area contributed by atoms with E-state index in [0.29, 0.717) is 19.5 Å². The summed E-state index contributed by atoms with van der Waals surface area (Å²) in [7, 11) is -3.19. The SMILES string of the molecule is CCCC(=O)NCCN(C1CCCCC1)S(C)(=O)=O. The highest BCUT2D eigenvalue weighted by atomic mass is 32.2. The Morgan fingerprint density at radius 3 is 2.42 bits per heavy atom. The van der Waals surface area contributed by atoms with E-state index in [2.05, 4.69) is 5.32 Å². The van der Waals surface area contributed by atoms with Gasteiger partial charge in [0, 0.05) is 25.6 Å². The summed E-state index contributed by atoms with van der Waals surface area (Å²) in [4.78, 5) is 11.4. The van der Waals surface area contributed by atoms with E-state index in [1.807, 2.05) is 6.92 Å². The molecule has 1 fully saturated rings. The first-order valence-electron chi connectivity index (χ1n) is 7.18. The molecule has 0 unspecified atom stereocenters. The normalized spacial score (nSPS) is 17.6. The van der Waals surface area contributed by atoms with E-state index in [-0.39, 0.29) is 11.9 Å². The molecule has 1 rings (SSSR count). The van der Waals surface area contributed by atoms with Crippen molar-refractivity contribution in [1.29, 1.82) is 0 Å². The first kappa shape index (κ1) is 16.4. The van der Waals surface area contributed by atoms with Crippen molar-refractivity contribution in [2.24, 2.45) is 0 Å². The molecule has 112 valence electrons. The van der Waals surface area contributed by atoms with Gasteiger partial charge >= 0.3 is 0 Å². The highest BCUT2D eigenvalue weighted by molar-refractivity contribution is 7.88. The molecule has 0 aliphatic heterocycles. The number of hydrogen-bond acceptors (Lipinski definition) is 3. The van der Waals surface area contributed by atoms with Crippen LogP contribution in [0.3, 0.4) is 0 Å². The van der Waals surface area contributed by atoms with Crippen LogP contribution in [0.5, 0.6) is 0 Å². The summed E-state index contributed by atoms with van der Waals surface area (Å²) >= 11 is 0. The molecule has 0 heterocycles. The van der Waals surface area contributed by atoms with Crippen molar-refractivity contribution in [3.63, 3.8) is 0 Å². The number of carbonyl (C=O) groups excluding carboxylic acids is 1. The van der Waals surface area contributed by atoms with E-state index in [0.717, 1.165) is 32.1 Å². The number of nitrogens with one attached hydrogen (secondary N) is 1. The molecule has 1 amide bonds. The second-order valence-electron chi connectivity index (χ2n) is 5.27. The molecule has 1 aliphatic rings. The van der Waals surface area contributed by atoms with Crippen molar-refractivity contribution in [2.75, 3.05) is 19.3 Å². The molecule has 5 nitrogen and oxygen atoms in total. The summed E-state index contributed by atoms with van der Waals surface area (Å²) < 4.78 is 25.3. The summed E-state index contributed by atoms with van der Waals surface area (Å²) in [5.74, 6) is -0.000375. The maximum absolute atomic E-state index is 11.8. The smallest absolute Gasteiger partial charge is 0.220 e. The van der Waals surface area contributed by atoms with E-state index in [1.54, 1.807) is 4.31 Å². The van der Waals surface area contributed by atoms with Gasteiger partial charge in [-0.3, -0.25) is 4.79 Å². The Labute approximate surface area is 116 Å². The quantitative estimate of drug-likeness (QED) is 0.772. The largest absolute Gasteiger partial charge is 0.355 e. The lowest BCUT2D eigenvalue weighted by Gasteiger charge is -2.32. The van der Waals surface area contributed by atoms with Gasteiger partial charge in [-0.25, -0.2) is 8.42 Å². The molecule has 0 atom stereocenters. The Morgan fingerprint density at radius 2 is 1.89 bits per heavy atom. The highest BCUT2D eigenvalue weighted by Gasteiger charge is 2.27. The second-order valence-corrected chi connectivity index (χ2v) is 7.20. The molecule has 1 aliphatic carbocycles. The van der Waals surface area contributed by atoms with Crippen molar-refractivity contribution < 1.29 is 13.2 Å². The minimum atomic E-state index is -3.19. The van der Waals surface area contributed by atoms with Gasteiger partial charge in [-0.05, 0) is 19.3 Å². The Morgan fingerprint density at radius 1 is 1.26 bits per heavy atom. The van der Waals surface area contributed by atoms with E-state index < -0.39 is 10.0 Å². The minimum absolute atomic E-state index is 0.000375. The molecule has 19 heavy (non-hydrogen) atoms. The molecule has 6 heteroatoms. The first-order valence-corrected chi connectivity index (χ1v) is 9.03. The molecule has 0 bridgehead atoms. The molecule has 0 aromatic rings. The summed E-state index contributed by atoms with van der Waals surface area (Å²) in [6.07, 6.45) is 7.84. The molecule has 0 spiro atoms. The second kappa shape index (κ2) is 7.85. The van der Waals surface area contributed by atoms with Crippen LogP contribution in [0, 0.1) is 0 Å². The van der Waals surface area contributed by atoms with Crippen LogP contribution in [0.1, 0.15) is 51.9 Å². The fraction of sp³-hybridized carbons (Fsp3) is 0.923. The highest BCUT2D eigenvalue weighted by Crippen LogP contribution is 2.23. The van der Waals surface area contributed by atoms with Crippen LogP contribution in [0.25, 0.3) is 0 Å². The third kappa shape index (κ3) is 5.91. The maximum atomic E-state index is 11.8. The zero-order valence-electron chi connectivity index (χ0n) is 12.0. The molecule has 1 N–H and O–H groups in total. The average molecular weight is 290 g/mol. The van der Waals surface area contributed by atoms with Crippen molar-refractivity contribution in [3.8, 4) is 0 Å². The van der Waals surface area contributed by atoms with Gasteiger partial charge in [-0.1, -0.05) is 26.2 Å². The van der Waals surface area contributed by atoms with Crippen LogP contribution in [0.15, 0.2) is 0 Å². The van der Waals surface area contributed by atoms with E-state index >= 15 is 0 Å². The Balaban J connectivity index is 2.49. The lowest BCUT2D eigenvalue weighted by atomic mass is 9.95. The summed E-state index contributed by atoms with van der Waals surface area (Å²) in [6.45, 7) is 2.74. The van der Waals surface area contributed by atoms with Gasteiger partial charge < -0.3 is 5.32 Å². The Bertz CT molecular complexity index is 375. The molecule has 0 aromatic heterocycles. The van der Waals surface area contributed by atoms with Crippen molar-refractivity contribution in [2.45, 2.75) is 57.9 Å². The molecule has 0 aromatic carbocycles. The fourth-order valence-corrected chi connectivity index (χ4v) is 3.78. The Hall–Kier alpha value is -0.620. The van der Waals surface area contributed by atoms with Crippen LogP contribution >= 0.6 is 0 Å². The predicted octanol–water partition coefficient (Wildman–Crippen LogP) is 1.50. The minimum Gasteiger partial charge on any atom is -0.355 e. The predicted molar refractivity (Wildman–Crippen MR) is 76.3 cm³/mol. The number of sulfonamides is 1. The lowest BCUT2D eigenvalue weighted by molar-refractivity contribution is -0.121. The third-order valence-corrected chi connectivity index (χ3v) is 4.87. The summed E-state index contributed by atoms with van der Waals surface area (Å²) in [6, 6.07) is 0.117. The van der Waals surface area contributed by atoms with E-state index in [1.165, 1.54) is 12.7 Å². The van der Waals surface area contributed by atoms with Gasteiger partial charge in [0.15, 0.2) is 0 Å². The number of nitrogens with zero attached hydrogens (tertiary/aromatic N) is 1. The van der Waals surface area contributed by atoms with Crippen molar-refractivity contribution in [3.05, 3.63) is 0 Å². The zero-order valence-corrected chi connectivity index (χ0v) is 12.8. The van der Waals surface area contributed by atoms with Crippen LogP contribution < -0.4 is 5.32 Å². The van der Waals surface area contributed by atoms with Crippen molar-refractivity contribution in [1.82, 2.24) is 9.62 Å². The number of amides is 1. The fourth-order valence-electron chi connectivity index (χ4n) is 2.61. The third-order valence-electron chi connectivity index (χ3n) is 3.54. The average Bonchev–Trinajstić information content (AvgIpc) is 2.34. The van der Waals surface area contributed by atoms with Crippen LogP contribution in [0.2, 0.25) is 0 Å². The van der Waals surface area contributed by atoms with Gasteiger partial charge in [-0.15, -0.1) is 0 Å². The number of carbonyl (C=O) groups is 1. The van der Waals surface area contributed by atoms with Gasteiger partial charge in [0.05, 0.1) is 6.26 Å². The molecular formula is C13H26N2O3S. The van der Waals surface area contributed by atoms with E-state index in [9.17, 15) is 13.2 Å². The first-order chi connectivity index (χ1) is 8.95. The summed E-state index contributed by atoms with van der Waals surface area (Å²) in [5, 5.41) is 2.78. The molecular weight excluding hydrogens is 264 g/mol. The zero-order chi connectivity index (χ0) is 14.3. The maximum Gasteiger partial charge on any atom is 0.220 e. The van der Waals surface area contributed by atoms with Gasteiger partial charge in [0.2, 0.25) is 15.9 Å².